The van der Waals surface area contributed by atoms with Crippen LogP contribution in [0, 0.1) is 0 Å². The molecule has 1 aromatic rings. The summed E-state index contributed by atoms with van der Waals surface area (Å²) >= 11 is 8.52. The minimum absolute atomic E-state index is 0.137. The molecule has 0 aromatic heterocycles. The van der Waals surface area contributed by atoms with Gasteiger partial charge in [-0.3, -0.25) is 0 Å². The fourth-order valence-electron chi connectivity index (χ4n) is 0.922. The number of alkyl halides is 3. The average molecular weight is 289 g/mol. The number of aliphatic hydroxyl groups is 1. The Morgan fingerprint density at radius 2 is 1.86 bits per heavy atom. The largest absolute Gasteiger partial charge is 0.418 e. The van der Waals surface area contributed by atoms with E-state index in [-0.39, 0.29) is 10.6 Å². The van der Waals surface area contributed by atoms with Gasteiger partial charge in [-0.15, -0.1) is 0 Å². The Morgan fingerprint density at radius 3 is 2.29 bits per heavy atom. The zero-order valence-electron chi connectivity index (χ0n) is 6.65. The number of halogens is 5. The van der Waals surface area contributed by atoms with Crippen LogP contribution < -0.4 is 0 Å². The minimum atomic E-state index is -4.68. The number of hydrogen-bond acceptors (Lipinski definition) is 1. The molecule has 1 aromatic carbocycles. The molecule has 1 N–H and O–H groups in total. The summed E-state index contributed by atoms with van der Waals surface area (Å²) < 4.78 is 36.7. The predicted molar refractivity (Wildman–Crippen MR) is 50.2 cm³/mol. The molecule has 0 aliphatic rings. The third-order valence-electron chi connectivity index (χ3n) is 1.51. The zero-order chi connectivity index (χ0) is 10.9. The second kappa shape index (κ2) is 4.08. The molecule has 0 fully saturated rings. The van der Waals surface area contributed by atoms with Gasteiger partial charge in [0.25, 0.3) is 0 Å². The van der Waals surface area contributed by atoms with Gasteiger partial charge in [-0.1, -0.05) is 27.5 Å². The van der Waals surface area contributed by atoms with Gasteiger partial charge in [0, 0.05) is 9.50 Å². The molecule has 0 saturated heterocycles. The summed E-state index contributed by atoms with van der Waals surface area (Å²) in [7, 11) is 0. The third-order valence-corrected chi connectivity index (χ3v) is 2.19. The lowest BCUT2D eigenvalue weighted by atomic mass is 10.1. The van der Waals surface area contributed by atoms with Gasteiger partial charge in [-0.2, -0.15) is 13.2 Å². The van der Waals surface area contributed by atoms with E-state index in [2.05, 4.69) is 15.9 Å². The van der Waals surface area contributed by atoms with Crippen molar-refractivity contribution in [3.05, 3.63) is 33.3 Å². The molecule has 1 unspecified atom stereocenters. The maximum absolute atomic E-state index is 12.1. The summed E-state index contributed by atoms with van der Waals surface area (Å²) in [6, 6.07) is 3.68. The van der Waals surface area contributed by atoms with Crippen molar-refractivity contribution in [2.45, 2.75) is 12.3 Å². The third kappa shape index (κ3) is 2.87. The molecule has 0 heterocycles. The van der Waals surface area contributed by atoms with E-state index in [0.717, 1.165) is 6.07 Å². The van der Waals surface area contributed by atoms with E-state index < -0.39 is 12.3 Å². The van der Waals surface area contributed by atoms with E-state index in [1.165, 1.54) is 12.1 Å². The van der Waals surface area contributed by atoms with Crippen LogP contribution in [0.3, 0.4) is 0 Å². The van der Waals surface area contributed by atoms with Crippen LogP contribution in [0.15, 0.2) is 22.7 Å². The van der Waals surface area contributed by atoms with Crippen molar-refractivity contribution in [3.8, 4) is 0 Å². The van der Waals surface area contributed by atoms with E-state index in [4.69, 9.17) is 16.7 Å². The molecule has 14 heavy (non-hydrogen) atoms. The van der Waals surface area contributed by atoms with E-state index in [1.807, 2.05) is 0 Å². The minimum Gasteiger partial charge on any atom is -0.379 e. The number of benzene rings is 1. The molecule has 0 aliphatic carbocycles. The highest BCUT2D eigenvalue weighted by Crippen LogP contribution is 2.34. The predicted octanol–water partition coefficient (Wildman–Crippen LogP) is 3.70. The summed E-state index contributed by atoms with van der Waals surface area (Å²) in [6.07, 6.45) is -7.18. The Morgan fingerprint density at radius 1 is 1.29 bits per heavy atom. The van der Waals surface area contributed by atoms with Crippen LogP contribution >= 0.6 is 27.5 Å². The van der Waals surface area contributed by atoms with E-state index in [0.29, 0.717) is 4.47 Å². The van der Waals surface area contributed by atoms with Gasteiger partial charge < -0.3 is 5.11 Å². The molecule has 0 bridgehead atoms. The average Bonchev–Trinajstić information content (AvgIpc) is 1.99. The van der Waals surface area contributed by atoms with Crippen LogP contribution in [0.4, 0.5) is 13.2 Å². The van der Waals surface area contributed by atoms with E-state index in [1.54, 1.807) is 0 Å². The second-order valence-electron chi connectivity index (χ2n) is 2.65. The fourth-order valence-corrected chi connectivity index (χ4v) is 1.81. The van der Waals surface area contributed by atoms with Gasteiger partial charge in [0.15, 0.2) is 6.10 Å². The molecule has 0 aliphatic heterocycles. The smallest absolute Gasteiger partial charge is 0.379 e. The van der Waals surface area contributed by atoms with Crippen molar-refractivity contribution in [2.75, 3.05) is 0 Å². The first-order valence-electron chi connectivity index (χ1n) is 3.51. The van der Waals surface area contributed by atoms with Crippen LogP contribution in [-0.2, 0) is 0 Å². The topological polar surface area (TPSA) is 20.2 Å². The lowest BCUT2D eigenvalue weighted by Crippen LogP contribution is -2.20. The van der Waals surface area contributed by atoms with Gasteiger partial charge in [-0.05, 0) is 23.8 Å². The molecular weight excluding hydrogens is 284 g/mol. The Kier molecular flexibility index (Phi) is 3.44. The quantitative estimate of drug-likeness (QED) is 0.836. The van der Waals surface area contributed by atoms with Crippen molar-refractivity contribution >= 4 is 27.5 Å². The maximum Gasteiger partial charge on any atom is 0.418 e. The highest BCUT2D eigenvalue weighted by molar-refractivity contribution is 9.10. The molecule has 6 heteroatoms. The van der Waals surface area contributed by atoms with Crippen molar-refractivity contribution in [2.24, 2.45) is 0 Å². The first-order chi connectivity index (χ1) is 6.30. The van der Waals surface area contributed by atoms with Gasteiger partial charge in [0.2, 0.25) is 0 Å². The van der Waals surface area contributed by atoms with Crippen LogP contribution in [0.1, 0.15) is 11.7 Å². The molecular formula is C8H5BrClF3O. The second-order valence-corrected chi connectivity index (χ2v) is 4.00. The Bertz CT molecular complexity index is 320. The van der Waals surface area contributed by atoms with Crippen LogP contribution in [0.5, 0.6) is 0 Å². The standard InChI is InChI=1S/C8H5BrClF3O/c9-5-1-4(2-6(10)3-5)7(14)8(11,12)13/h1-3,7,14H. The maximum atomic E-state index is 12.1. The van der Waals surface area contributed by atoms with Crippen LogP contribution in [-0.4, -0.2) is 11.3 Å². The molecule has 1 nitrogen and oxygen atoms in total. The zero-order valence-corrected chi connectivity index (χ0v) is 8.99. The molecule has 0 spiro atoms. The lowest BCUT2D eigenvalue weighted by molar-refractivity contribution is -0.206. The van der Waals surface area contributed by atoms with Gasteiger partial charge in [0.1, 0.15) is 0 Å². The molecule has 0 radical (unpaired) electrons. The lowest BCUT2D eigenvalue weighted by Gasteiger charge is -2.15. The Balaban J connectivity index is 3.07. The normalized spacial score (nSPS) is 14.1. The Labute approximate surface area is 91.6 Å². The summed E-state index contributed by atoms with van der Waals surface area (Å²) in [5.41, 5.74) is -0.281. The molecule has 0 saturated carbocycles. The van der Waals surface area contributed by atoms with Crippen molar-refractivity contribution in [1.29, 1.82) is 0 Å². The fraction of sp³-hybridized carbons (Fsp3) is 0.250. The Hall–Kier alpha value is -0.260. The first kappa shape index (κ1) is 11.8. The number of hydrogen-bond donors (Lipinski definition) is 1. The summed E-state index contributed by atoms with van der Waals surface area (Å²) in [6.45, 7) is 0. The van der Waals surface area contributed by atoms with E-state index >= 15 is 0 Å². The van der Waals surface area contributed by atoms with Crippen LogP contribution in [0.2, 0.25) is 5.02 Å². The van der Waals surface area contributed by atoms with Gasteiger partial charge >= 0.3 is 6.18 Å². The van der Waals surface area contributed by atoms with Crippen molar-refractivity contribution < 1.29 is 18.3 Å². The number of rotatable bonds is 1. The van der Waals surface area contributed by atoms with Crippen LogP contribution in [0.25, 0.3) is 0 Å². The summed E-state index contributed by atoms with van der Waals surface area (Å²) in [5, 5.41) is 9.04. The molecule has 78 valence electrons. The molecule has 0 amide bonds. The van der Waals surface area contributed by atoms with Gasteiger partial charge in [-0.25, -0.2) is 0 Å². The SMILES string of the molecule is OC(c1cc(Cl)cc(Br)c1)C(F)(F)F. The van der Waals surface area contributed by atoms with E-state index in [9.17, 15) is 13.2 Å². The number of aliphatic hydroxyl groups excluding tert-OH is 1. The highest BCUT2D eigenvalue weighted by atomic mass is 79.9. The molecule has 1 atom stereocenters. The summed E-state index contributed by atoms with van der Waals surface area (Å²) in [4.78, 5) is 0. The summed E-state index contributed by atoms with van der Waals surface area (Å²) in [5.74, 6) is 0. The van der Waals surface area contributed by atoms with Crippen molar-refractivity contribution in [3.63, 3.8) is 0 Å². The first-order valence-corrected chi connectivity index (χ1v) is 4.68. The van der Waals surface area contributed by atoms with Crippen molar-refractivity contribution in [1.82, 2.24) is 0 Å². The molecule has 1 rings (SSSR count). The monoisotopic (exact) mass is 288 g/mol. The highest BCUT2D eigenvalue weighted by Gasteiger charge is 2.39. The van der Waals surface area contributed by atoms with Gasteiger partial charge in [0.05, 0.1) is 0 Å².